The summed E-state index contributed by atoms with van der Waals surface area (Å²) in [4.78, 5) is 33.1. The molecule has 0 aliphatic carbocycles. The van der Waals surface area contributed by atoms with Crippen LogP contribution in [0.25, 0.3) is 27.7 Å². The van der Waals surface area contributed by atoms with E-state index in [-0.39, 0.29) is 39.9 Å². The van der Waals surface area contributed by atoms with Gasteiger partial charge in [0.1, 0.15) is 11.3 Å². The van der Waals surface area contributed by atoms with E-state index in [1.54, 1.807) is 42.8 Å². The molecular formula is C33H30ClN3O6S. The average molecular weight is 632 g/mol. The van der Waals surface area contributed by atoms with Gasteiger partial charge in [-0.1, -0.05) is 42.4 Å². The Balaban J connectivity index is 1.32. The second-order valence-electron chi connectivity index (χ2n) is 11.2. The van der Waals surface area contributed by atoms with Crippen LogP contribution in [-0.2, 0) is 33.0 Å². The number of rotatable bonds is 6. The number of likely N-dealkylation sites (tertiary alicyclic amines) is 1. The van der Waals surface area contributed by atoms with Gasteiger partial charge in [-0.05, 0) is 79.4 Å². The number of ether oxygens (including phenoxy) is 1. The molecule has 9 nitrogen and oxygen atoms in total. The van der Waals surface area contributed by atoms with Crippen molar-refractivity contribution < 1.29 is 23.1 Å². The summed E-state index contributed by atoms with van der Waals surface area (Å²) < 4.78 is 32.2. The molecule has 1 spiro atoms. The van der Waals surface area contributed by atoms with Gasteiger partial charge in [-0.15, -0.1) is 0 Å². The molecule has 2 aliphatic heterocycles. The van der Waals surface area contributed by atoms with Crippen LogP contribution in [0, 0.1) is 6.92 Å². The van der Waals surface area contributed by atoms with Crippen molar-refractivity contribution in [3.63, 3.8) is 0 Å². The van der Waals surface area contributed by atoms with Crippen LogP contribution in [0.4, 0.5) is 0 Å². The molecule has 44 heavy (non-hydrogen) atoms. The predicted octanol–water partition coefficient (Wildman–Crippen LogP) is 5.34. The number of carbonyl (C=O) groups is 1. The van der Waals surface area contributed by atoms with Crippen molar-refractivity contribution in [2.45, 2.75) is 36.8 Å². The number of para-hydroxylation sites is 2. The maximum absolute atomic E-state index is 13.3. The van der Waals surface area contributed by atoms with Crippen molar-refractivity contribution in [3.05, 3.63) is 111 Å². The monoisotopic (exact) mass is 631 g/mol. The van der Waals surface area contributed by atoms with Crippen LogP contribution >= 0.6 is 11.6 Å². The van der Waals surface area contributed by atoms with Crippen molar-refractivity contribution in [2.24, 2.45) is 7.05 Å². The Morgan fingerprint density at radius 2 is 1.89 bits per heavy atom. The minimum absolute atomic E-state index is 0.0422. The van der Waals surface area contributed by atoms with E-state index in [9.17, 15) is 23.1 Å². The number of sulfone groups is 1. The van der Waals surface area contributed by atoms with E-state index in [1.165, 1.54) is 12.1 Å². The molecule has 1 aromatic heterocycles. The lowest BCUT2D eigenvalue weighted by molar-refractivity contribution is -0.151. The van der Waals surface area contributed by atoms with Gasteiger partial charge in [0, 0.05) is 36.1 Å². The predicted molar refractivity (Wildman–Crippen MR) is 169 cm³/mol. The maximum atomic E-state index is 13.3. The van der Waals surface area contributed by atoms with Gasteiger partial charge in [-0.25, -0.2) is 18.2 Å². The molecule has 0 bridgehead atoms. The van der Waals surface area contributed by atoms with Gasteiger partial charge in [-0.3, -0.25) is 9.69 Å². The normalized spacial score (nSPS) is 19.1. The molecule has 11 heteroatoms. The summed E-state index contributed by atoms with van der Waals surface area (Å²) in [6, 6.07) is 17.1. The van der Waals surface area contributed by atoms with E-state index < -0.39 is 21.4 Å². The molecule has 2 aliphatic rings. The molecule has 1 saturated heterocycles. The molecule has 226 valence electrons. The second-order valence-corrected chi connectivity index (χ2v) is 13.5. The number of hydrogen-bond donors (Lipinski definition) is 1. The summed E-state index contributed by atoms with van der Waals surface area (Å²) in [7, 11) is -1.94. The molecule has 4 aromatic rings. The van der Waals surface area contributed by atoms with Crippen LogP contribution < -0.4 is 5.56 Å². The molecule has 0 amide bonds. The van der Waals surface area contributed by atoms with Crippen LogP contribution in [0.2, 0.25) is 5.02 Å². The minimum atomic E-state index is -3.65. The number of benzene rings is 3. The van der Waals surface area contributed by atoms with Gasteiger partial charge in [0.2, 0.25) is 0 Å². The Kier molecular flexibility index (Phi) is 7.47. The lowest BCUT2D eigenvalue weighted by Gasteiger charge is -2.38. The number of aryl methyl sites for hydroxylation is 2. The van der Waals surface area contributed by atoms with Crippen molar-refractivity contribution >= 4 is 44.0 Å². The summed E-state index contributed by atoms with van der Waals surface area (Å²) >= 11 is 6.70. The number of halogens is 1. The lowest BCUT2D eigenvalue weighted by Crippen LogP contribution is -2.50. The fraction of sp³-hybridized carbons (Fsp3) is 0.242. The highest BCUT2D eigenvalue weighted by Crippen LogP contribution is 2.44. The average Bonchev–Trinajstić information content (AvgIpc) is 3.24. The standard InChI is InChI=1S/C33H30ClN3O6S/c1-4-44(41,42)22-10-7-9-21(16-22)24-15-20(2)23(17-25(24)34)29-30(38)33(43-32(29)40)13-8-14-37(19-33)18-27-31(39)36(3)28-12-6-5-11-26(28)35-27/h4-7,9-12,15-17,38H,1,8,13-14,18-19H2,2-3H3. The number of aliphatic hydroxyl groups excluding tert-OH is 1. The van der Waals surface area contributed by atoms with E-state index >= 15 is 0 Å². The summed E-state index contributed by atoms with van der Waals surface area (Å²) in [5.41, 5.74) is 2.61. The van der Waals surface area contributed by atoms with E-state index in [0.29, 0.717) is 52.9 Å². The molecule has 0 saturated carbocycles. The minimum Gasteiger partial charge on any atom is -0.507 e. The Bertz CT molecular complexity index is 2070. The first-order chi connectivity index (χ1) is 20.9. The summed E-state index contributed by atoms with van der Waals surface area (Å²) in [5, 5.41) is 12.7. The highest BCUT2D eigenvalue weighted by molar-refractivity contribution is 7.94. The third-order valence-corrected chi connectivity index (χ3v) is 10.1. The first-order valence-corrected chi connectivity index (χ1v) is 16.0. The number of carbonyl (C=O) groups excluding carboxylic acids is 1. The number of hydrogen-bond acceptors (Lipinski definition) is 8. The highest BCUT2D eigenvalue weighted by atomic mass is 35.5. The van der Waals surface area contributed by atoms with E-state index in [2.05, 4.69) is 11.6 Å². The number of aliphatic hydroxyl groups is 1. The SMILES string of the molecule is C=CS(=O)(=O)c1cccc(-c2cc(C)c(C3=C(O)C4(CCCN(Cc5nc6ccccc6n(C)c5=O)C4)OC3=O)cc2Cl)c1. The Morgan fingerprint density at radius 3 is 2.66 bits per heavy atom. The van der Waals surface area contributed by atoms with E-state index in [0.717, 1.165) is 10.9 Å². The third-order valence-electron chi connectivity index (χ3n) is 8.39. The Labute approximate surface area is 259 Å². The topological polar surface area (TPSA) is 119 Å². The first kappa shape index (κ1) is 29.8. The van der Waals surface area contributed by atoms with Crippen molar-refractivity contribution in [1.29, 1.82) is 0 Å². The molecule has 6 rings (SSSR count). The first-order valence-electron chi connectivity index (χ1n) is 14.1. The van der Waals surface area contributed by atoms with Gasteiger partial charge < -0.3 is 14.4 Å². The molecule has 3 heterocycles. The van der Waals surface area contributed by atoms with Gasteiger partial charge >= 0.3 is 5.97 Å². The maximum Gasteiger partial charge on any atom is 0.343 e. The van der Waals surface area contributed by atoms with Crippen molar-refractivity contribution in [3.8, 4) is 11.1 Å². The summed E-state index contributed by atoms with van der Waals surface area (Å²) in [6.07, 6.45) is 1.05. The number of nitrogens with zero attached hydrogens (tertiary/aromatic N) is 3. The lowest BCUT2D eigenvalue weighted by atomic mass is 9.87. The van der Waals surface area contributed by atoms with Crippen LogP contribution in [0.5, 0.6) is 0 Å². The van der Waals surface area contributed by atoms with Crippen molar-refractivity contribution in [1.82, 2.24) is 14.5 Å². The fourth-order valence-electron chi connectivity index (χ4n) is 6.12. The van der Waals surface area contributed by atoms with Crippen LogP contribution in [0.15, 0.2) is 88.1 Å². The summed E-state index contributed by atoms with van der Waals surface area (Å²) in [6.45, 7) is 6.24. The number of fused-ring (bicyclic) bond motifs is 1. The van der Waals surface area contributed by atoms with E-state index in [4.69, 9.17) is 16.3 Å². The van der Waals surface area contributed by atoms with Crippen LogP contribution in [-0.4, -0.2) is 52.6 Å². The molecule has 3 aromatic carbocycles. The van der Waals surface area contributed by atoms with Gasteiger partial charge in [0.15, 0.2) is 21.2 Å². The fourth-order valence-corrected chi connectivity index (χ4v) is 7.14. The van der Waals surface area contributed by atoms with Crippen LogP contribution in [0.3, 0.4) is 0 Å². The van der Waals surface area contributed by atoms with Crippen molar-refractivity contribution in [2.75, 3.05) is 13.1 Å². The second kappa shape index (κ2) is 11.0. The zero-order chi connectivity index (χ0) is 31.4. The number of piperidine rings is 1. The van der Waals surface area contributed by atoms with Crippen LogP contribution in [0.1, 0.15) is 29.7 Å². The molecule has 0 radical (unpaired) electrons. The smallest absolute Gasteiger partial charge is 0.343 e. The largest absolute Gasteiger partial charge is 0.507 e. The third kappa shape index (κ3) is 5.02. The number of esters is 1. The summed E-state index contributed by atoms with van der Waals surface area (Å²) in [5.74, 6) is -0.826. The van der Waals surface area contributed by atoms with Gasteiger partial charge in [0.25, 0.3) is 5.56 Å². The van der Waals surface area contributed by atoms with E-state index in [1.807, 2.05) is 29.2 Å². The zero-order valence-corrected chi connectivity index (χ0v) is 25.8. The number of aromatic nitrogens is 2. The van der Waals surface area contributed by atoms with Gasteiger partial charge in [-0.2, -0.15) is 0 Å². The zero-order valence-electron chi connectivity index (χ0n) is 24.2. The Hall–Kier alpha value is -4.25. The molecule has 1 N–H and O–H groups in total. The van der Waals surface area contributed by atoms with Gasteiger partial charge in [0.05, 0.1) is 15.9 Å². The molecule has 1 unspecified atom stereocenters. The molecular weight excluding hydrogens is 602 g/mol. The quantitative estimate of drug-likeness (QED) is 0.283. The molecule has 1 fully saturated rings. The highest BCUT2D eigenvalue weighted by Gasteiger charge is 2.51. The Morgan fingerprint density at radius 1 is 1.11 bits per heavy atom. The molecule has 1 atom stereocenters.